The summed E-state index contributed by atoms with van der Waals surface area (Å²) in [6.07, 6.45) is -2.83. The van der Waals surface area contributed by atoms with E-state index in [2.05, 4.69) is 4.98 Å². The number of nitrogens with zero attached hydrogens (tertiary/aromatic N) is 1. The molecular formula is C12H8Cl2F2N2O2. The number of H-pyrrole nitrogens is 1. The number of hydrogen-bond donors (Lipinski definition) is 1. The summed E-state index contributed by atoms with van der Waals surface area (Å²) < 4.78 is 25.2. The van der Waals surface area contributed by atoms with Gasteiger partial charge >= 0.3 is 5.69 Å². The Morgan fingerprint density at radius 1 is 1.25 bits per heavy atom. The van der Waals surface area contributed by atoms with Crippen molar-refractivity contribution in [1.82, 2.24) is 9.55 Å². The van der Waals surface area contributed by atoms with E-state index in [-0.39, 0.29) is 10.7 Å². The van der Waals surface area contributed by atoms with Gasteiger partial charge in [0.1, 0.15) is 5.15 Å². The molecule has 0 aliphatic carbocycles. The zero-order valence-corrected chi connectivity index (χ0v) is 11.4. The number of hydrogen-bond acceptors (Lipinski definition) is 2. The first-order chi connectivity index (χ1) is 9.40. The molecule has 0 radical (unpaired) electrons. The molecule has 0 fully saturated rings. The number of benzene rings is 1. The zero-order chi connectivity index (χ0) is 14.9. The third-order valence-electron chi connectivity index (χ3n) is 2.57. The van der Waals surface area contributed by atoms with Crippen LogP contribution >= 0.6 is 23.2 Å². The van der Waals surface area contributed by atoms with Crippen LogP contribution < -0.4 is 11.2 Å². The molecule has 1 heterocycles. The molecule has 1 aromatic heterocycles. The molecule has 20 heavy (non-hydrogen) atoms. The van der Waals surface area contributed by atoms with Crippen LogP contribution in [0.5, 0.6) is 0 Å². The highest BCUT2D eigenvalue weighted by molar-refractivity contribution is 6.32. The van der Waals surface area contributed by atoms with E-state index in [9.17, 15) is 18.4 Å². The lowest BCUT2D eigenvalue weighted by atomic mass is 10.1. The van der Waals surface area contributed by atoms with Gasteiger partial charge in [-0.1, -0.05) is 35.3 Å². The summed E-state index contributed by atoms with van der Waals surface area (Å²) in [4.78, 5) is 25.8. The van der Waals surface area contributed by atoms with Crippen molar-refractivity contribution in [1.29, 1.82) is 0 Å². The van der Waals surface area contributed by atoms with Gasteiger partial charge in [-0.2, -0.15) is 0 Å². The first kappa shape index (κ1) is 14.7. The Bertz CT molecular complexity index is 756. The minimum absolute atomic E-state index is 0.0746. The van der Waals surface area contributed by atoms with Crippen molar-refractivity contribution in [3.8, 4) is 11.1 Å². The second-order valence-corrected chi connectivity index (χ2v) is 4.75. The Hall–Kier alpha value is -1.66. The van der Waals surface area contributed by atoms with Crippen molar-refractivity contribution in [3.05, 3.63) is 55.3 Å². The lowest BCUT2D eigenvalue weighted by Gasteiger charge is -2.09. The molecule has 0 amide bonds. The molecule has 1 N–H and O–H groups in total. The molecular weight excluding hydrogens is 313 g/mol. The third kappa shape index (κ3) is 2.91. The summed E-state index contributed by atoms with van der Waals surface area (Å²) in [5, 5.41) is 0.136. The zero-order valence-electron chi connectivity index (χ0n) is 9.87. The molecule has 0 aliphatic rings. The van der Waals surface area contributed by atoms with E-state index in [4.69, 9.17) is 23.2 Å². The summed E-state index contributed by atoms with van der Waals surface area (Å²) in [6.45, 7) is -1.00. The quantitative estimate of drug-likeness (QED) is 0.884. The first-order valence-electron chi connectivity index (χ1n) is 5.47. The smallest absolute Gasteiger partial charge is 0.297 e. The van der Waals surface area contributed by atoms with Crippen molar-refractivity contribution in [2.75, 3.05) is 0 Å². The highest BCUT2D eigenvalue weighted by Crippen LogP contribution is 2.24. The first-order valence-corrected chi connectivity index (χ1v) is 6.22. The van der Waals surface area contributed by atoms with Crippen LogP contribution in [0.3, 0.4) is 0 Å². The maximum absolute atomic E-state index is 12.4. The number of rotatable bonds is 3. The maximum atomic E-state index is 12.4. The van der Waals surface area contributed by atoms with Gasteiger partial charge in [-0.05, 0) is 17.7 Å². The van der Waals surface area contributed by atoms with Crippen LogP contribution in [0.1, 0.15) is 0 Å². The van der Waals surface area contributed by atoms with Crippen LogP contribution in [0.2, 0.25) is 10.2 Å². The lowest BCUT2D eigenvalue weighted by Crippen LogP contribution is -2.38. The van der Waals surface area contributed by atoms with Gasteiger partial charge in [0.05, 0.1) is 12.1 Å². The van der Waals surface area contributed by atoms with E-state index >= 15 is 0 Å². The van der Waals surface area contributed by atoms with Crippen LogP contribution in [0.25, 0.3) is 11.1 Å². The fourth-order valence-corrected chi connectivity index (χ4v) is 2.20. The van der Waals surface area contributed by atoms with Crippen LogP contribution in [-0.4, -0.2) is 16.0 Å². The van der Waals surface area contributed by atoms with Crippen LogP contribution in [-0.2, 0) is 6.54 Å². The van der Waals surface area contributed by atoms with E-state index in [0.717, 1.165) is 0 Å². The fraction of sp³-hybridized carbons (Fsp3) is 0.167. The van der Waals surface area contributed by atoms with Crippen LogP contribution in [0.15, 0.2) is 33.9 Å². The van der Waals surface area contributed by atoms with Crippen molar-refractivity contribution in [3.63, 3.8) is 0 Å². The Morgan fingerprint density at radius 3 is 2.55 bits per heavy atom. The standard InChI is InChI=1S/C12H8Cl2F2N2O2/c13-7-3-1-2-6(4-7)9-10(14)17-12(20)18(11(9)19)5-8(15)16/h1-4,8H,5H2,(H,17,20). The Kier molecular flexibility index (Phi) is 4.25. The average molecular weight is 321 g/mol. The topological polar surface area (TPSA) is 54.9 Å². The molecule has 106 valence electrons. The summed E-state index contributed by atoms with van der Waals surface area (Å²) in [7, 11) is 0. The third-order valence-corrected chi connectivity index (χ3v) is 3.09. The monoisotopic (exact) mass is 320 g/mol. The minimum Gasteiger partial charge on any atom is -0.297 e. The second-order valence-electron chi connectivity index (χ2n) is 3.94. The normalized spacial score (nSPS) is 11.1. The van der Waals surface area contributed by atoms with Crippen LogP contribution in [0, 0.1) is 0 Å². The van der Waals surface area contributed by atoms with Gasteiger partial charge in [0.2, 0.25) is 0 Å². The highest BCUT2D eigenvalue weighted by Gasteiger charge is 2.17. The SMILES string of the molecule is O=c1[nH]c(Cl)c(-c2cccc(Cl)c2)c(=O)n1CC(F)F. The number of alkyl halides is 2. The van der Waals surface area contributed by atoms with Crippen molar-refractivity contribution < 1.29 is 8.78 Å². The molecule has 0 saturated heterocycles. The van der Waals surface area contributed by atoms with Crippen molar-refractivity contribution in [2.45, 2.75) is 13.0 Å². The number of aromatic amines is 1. The number of halogens is 4. The van der Waals surface area contributed by atoms with E-state index in [1.807, 2.05) is 0 Å². The molecule has 0 aliphatic heterocycles. The molecule has 0 unspecified atom stereocenters. The van der Waals surface area contributed by atoms with E-state index in [0.29, 0.717) is 15.2 Å². The summed E-state index contributed by atoms with van der Waals surface area (Å²) in [6, 6.07) is 6.16. The molecule has 2 aromatic rings. The van der Waals surface area contributed by atoms with Gasteiger partial charge in [0.15, 0.2) is 0 Å². The van der Waals surface area contributed by atoms with Gasteiger partial charge in [0.25, 0.3) is 12.0 Å². The molecule has 2 rings (SSSR count). The van der Waals surface area contributed by atoms with Crippen molar-refractivity contribution >= 4 is 23.2 Å². The van der Waals surface area contributed by atoms with Crippen molar-refractivity contribution in [2.24, 2.45) is 0 Å². The van der Waals surface area contributed by atoms with E-state index in [1.54, 1.807) is 18.2 Å². The summed E-state index contributed by atoms with van der Waals surface area (Å²) in [5.74, 6) is 0. The largest absolute Gasteiger partial charge is 0.329 e. The summed E-state index contributed by atoms with van der Waals surface area (Å²) >= 11 is 11.6. The molecule has 4 nitrogen and oxygen atoms in total. The number of nitrogens with one attached hydrogen (secondary N) is 1. The molecule has 0 spiro atoms. The van der Waals surface area contributed by atoms with Gasteiger partial charge in [-0.3, -0.25) is 14.3 Å². The minimum atomic E-state index is -2.83. The molecule has 0 atom stereocenters. The van der Waals surface area contributed by atoms with Gasteiger partial charge in [-0.15, -0.1) is 0 Å². The predicted octanol–water partition coefficient (Wildman–Crippen LogP) is 2.78. The van der Waals surface area contributed by atoms with Crippen LogP contribution in [0.4, 0.5) is 8.78 Å². The number of aromatic nitrogens is 2. The fourth-order valence-electron chi connectivity index (χ4n) is 1.74. The van der Waals surface area contributed by atoms with Gasteiger partial charge < -0.3 is 0 Å². The molecule has 1 aromatic carbocycles. The highest BCUT2D eigenvalue weighted by atomic mass is 35.5. The Labute approximate surface area is 121 Å². The maximum Gasteiger partial charge on any atom is 0.329 e. The van der Waals surface area contributed by atoms with Gasteiger partial charge in [0, 0.05) is 5.02 Å². The van der Waals surface area contributed by atoms with E-state index < -0.39 is 24.2 Å². The molecule has 0 bridgehead atoms. The Morgan fingerprint density at radius 2 is 1.95 bits per heavy atom. The van der Waals surface area contributed by atoms with Gasteiger partial charge in [-0.25, -0.2) is 13.6 Å². The average Bonchev–Trinajstić information content (AvgIpc) is 2.34. The molecule has 0 saturated carbocycles. The predicted molar refractivity (Wildman–Crippen MR) is 72.8 cm³/mol. The summed E-state index contributed by atoms with van der Waals surface area (Å²) in [5.41, 5.74) is -1.60. The second kappa shape index (κ2) is 5.76. The lowest BCUT2D eigenvalue weighted by molar-refractivity contribution is 0.123. The van der Waals surface area contributed by atoms with E-state index in [1.165, 1.54) is 6.07 Å². The Balaban J connectivity index is 2.71. The molecule has 8 heteroatoms.